The Bertz CT molecular complexity index is 2810. The predicted molar refractivity (Wildman–Crippen MR) is 284 cm³/mol. The maximum Gasteiger partial charge on any atom is 0.246 e. The Labute approximate surface area is 459 Å². The van der Waals surface area contributed by atoms with Gasteiger partial charge in [0.2, 0.25) is 76.8 Å². The average molecular weight is 1120 g/mol. The number of nitrogens with one attached hydrogen (secondary N) is 10. The van der Waals surface area contributed by atoms with Gasteiger partial charge in [-0.1, -0.05) is 62.4 Å². The number of hydrogen-bond acceptors (Lipinski definition) is 14. The summed E-state index contributed by atoms with van der Waals surface area (Å²) in [6.45, 7) is 2.81. The van der Waals surface area contributed by atoms with Crippen LogP contribution < -0.4 is 65.1 Å². The number of aromatic nitrogens is 1. The first-order chi connectivity index (χ1) is 37.9. The Kier molecular flexibility index (Phi) is 22.6. The number of carbonyl (C=O) groups excluding carboxylic acids is 13. The topological polar surface area (TPSA) is 447 Å². The number of primary amides is 3. The Morgan fingerprint density at radius 2 is 1.12 bits per heavy atom. The van der Waals surface area contributed by atoms with Crippen LogP contribution in [0.5, 0.6) is 0 Å². The molecule has 2 aliphatic rings. The van der Waals surface area contributed by atoms with E-state index >= 15 is 0 Å². The lowest BCUT2D eigenvalue weighted by Crippen LogP contribution is -2.61. The molecular formula is C52H70N14O14. The van der Waals surface area contributed by atoms with Gasteiger partial charge >= 0.3 is 0 Å². The van der Waals surface area contributed by atoms with Gasteiger partial charge < -0.3 is 80.0 Å². The molecule has 2 aromatic carbocycles. The summed E-state index contributed by atoms with van der Waals surface area (Å²) < 4.78 is 0. The van der Waals surface area contributed by atoms with Crippen LogP contribution in [0.4, 0.5) is 0 Å². The first-order valence-corrected chi connectivity index (χ1v) is 26.0. The van der Waals surface area contributed by atoms with Crippen molar-refractivity contribution in [3.05, 3.63) is 71.9 Å². The molecule has 28 heteroatoms. The van der Waals surface area contributed by atoms with Crippen LogP contribution in [0.3, 0.4) is 0 Å². The minimum atomic E-state index is -1.84. The Hall–Kier alpha value is -8.95. The van der Waals surface area contributed by atoms with Gasteiger partial charge in [0.1, 0.15) is 54.4 Å². The largest absolute Gasteiger partial charge is 0.394 e. The van der Waals surface area contributed by atoms with Gasteiger partial charge in [0.25, 0.3) is 0 Å². The number of para-hydroxylation sites is 1. The molecule has 3 aromatic rings. The molecule has 432 valence electrons. The van der Waals surface area contributed by atoms with Crippen molar-refractivity contribution in [2.75, 3.05) is 19.7 Å². The highest BCUT2D eigenvalue weighted by molar-refractivity contribution is 6.00. The molecule has 0 aliphatic carbocycles. The number of fused-ring (bicyclic) bond motifs is 2. The van der Waals surface area contributed by atoms with E-state index in [1.54, 1.807) is 74.6 Å². The van der Waals surface area contributed by atoms with Crippen LogP contribution in [0, 0.1) is 5.92 Å². The van der Waals surface area contributed by atoms with Gasteiger partial charge in [0.15, 0.2) is 0 Å². The van der Waals surface area contributed by atoms with Gasteiger partial charge in [-0.2, -0.15) is 0 Å². The number of rotatable bonds is 14. The highest BCUT2D eigenvalue weighted by Gasteiger charge is 2.41. The van der Waals surface area contributed by atoms with Crippen molar-refractivity contribution in [3.8, 4) is 0 Å². The monoisotopic (exact) mass is 1110 g/mol. The lowest BCUT2D eigenvalue weighted by molar-refractivity contribution is -0.143. The van der Waals surface area contributed by atoms with E-state index in [2.05, 4.69) is 52.8 Å². The quantitative estimate of drug-likeness (QED) is 0.0720. The zero-order valence-electron chi connectivity index (χ0n) is 44.5. The van der Waals surface area contributed by atoms with Gasteiger partial charge in [-0.3, -0.25) is 62.3 Å². The standard InChI is InChI=1S/C52H70N14O14/c1-26(2)43-52(80)66-19-9-14-38(66)51(79)64-37(25-67)50(78)58-27(3)44(72)59-32(15-17-39(53)68)46(74)62-35(21-29-23-56-31-13-8-7-12-30(29)31)48(76)60-33(16-18-40(54)69)47(75)63-36(22-41(55)70)49(77)61-34(20-28-10-5-4-6-11-28)45(73)57-24-42(71)65-43/h4-8,10-13,23,26-27,32-38,43,56,67H,9,14-22,24-25H2,1-3H3,(H2,53,68)(H2,54,69)(H2,55,70)(H,57,73)(H,58,78)(H,59,72)(H,60,76)(H,61,77)(H,62,74)(H,63,75)(H,64,79)(H,65,71)/t27-,32-,33-,34-,35-,36-,37-,38-,43-/m0/s1. The minimum absolute atomic E-state index is 0.0605. The number of aromatic amines is 1. The molecule has 13 amide bonds. The normalized spacial score (nSPS) is 24.9. The second kappa shape index (κ2) is 29.1. The number of amides is 13. The van der Waals surface area contributed by atoms with Gasteiger partial charge in [-0.05, 0) is 55.7 Å². The Morgan fingerprint density at radius 3 is 1.73 bits per heavy atom. The maximum atomic E-state index is 14.6. The van der Waals surface area contributed by atoms with E-state index in [9.17, 15) is 67.4 Å². The van der Waals surface area contributed by atoms with Crippen LogP contribution in [-0.4, -0.2) is 166 Å². The second-order valence-electron chi connectivity index (χ2n) is 19.9. The molecule has 80 heavy (non-hydrogen) atoms. The maximum absolute atomic E-state index is 14.6. The summed E-state index contributed by atoms with van der Waals surface area (Å²) in [5, 5.41) is 33.0. The molecule has 3 heterocycles. The Morgan fingerprint density at radius 1 is 0.600 bits per heavy atom. The fraction of sp³-hybridized carbons (Fsp3) is 0.481. The fourth-order valence-electron chi connectivity index (χ4n) is 9.05. The number of hydrogen-bond donors (Lipinski definition) is 14. The fourth-order valence-corrected chi connectivity index (χ4v) is 9.05. The van der Waals surface area contributed by atoms with Crippen molar-refractivity contribution in [2.45, 2.75) is 133 Å². The van der Waals surface area contributed by atoms with Crippen LogP contribution in [0.25, 0.3) is 10.9 Å². The number of aliphatic hydroxyl groups excluding tert-OH is 1. The van der Waals surface area contributed by atoms with Crippen LogP contribution in [0.1, 0.15) is 76.8 Å². The van der Waals surface area contributed by atoms with E-state index in [1.165, 1.54) is 11.8 Å². The van der Waals surface area contributed by atoms with E-state index in [0.29, 0.717) is 28.5 Å². The van der Waals surface area contributed by atoms with Crippen molar-refractivity contribution in [2.24, 2.45) is 23.1 Å². The van der Waals surface area contributed by atoms with Gasteiger partial charge in [0, 0.05) is 49.3 Å². The van der Waals surface area contributed by atoms with Gasteiger partial charge in [-0.15, -0.1) is 0 Å². The molecule has 0 spiro atoms. The van der Waals surface area contributed by atoms with Crippen LogP contribution >= 0.6 is 0 Å². The van der Waals surface area contributed by atoms with E-state index in [4.69, 9.17) is 17.2 Å². The van der Waals surface area contributed by atoms with Crippen LogP contribution in [-0.2, 0) is 75.2 Å². The molecule has 2 aliphatic heterocycles. The third-order valence-electron chi connectivity index (χ3n) is 13.4. The SMILES string of the molecule is CC(C)[C@@H]1NC(=O)CNC(=O)[C@H](Cc2ccccc2)NC(=O)[C@H](CC(N)=O)NC(=O)[C@H](CCC(N)=O)NC(=O)[C@H](Cc2c[nH]c3ccccc23)NC(=O)[C@H](CCC(N)=O)NC(=O)[C@H](C)NC(=O)[C@H](CO)NC(=O)[C@@H]2CCCN2C1=O. The van der Waals surface area contributed by atoms with Gasteiger partial charge in [0.05, 0.1) is 19.6 Å². The van der Waals surface area contributed by atoms with E-state index in [0.717, 1.165) is 0 Å². The molecule has 17 N–H and O–H groups in total. The number of nitrogens with zero attached hydrogens (tertiary/aromatic N) is 1. The average Bonchev–Trinajstić information content (AvgIpc) is 4.10. The number of H-pyrrole nitrogens is 1. The first kappa shape index (κ1) is 61.9. The molecule has 9 atom stereocenters. The minimum Gasteiger partial charge on any atom is -0.394 e. The lowest BCUT2D eigenvalue weighted by Gasteiger charge is -2.31. The predicted octanol–water partition coefficient (Wildman–Crippen LogP) is -4.97. The molecule has 28 nitrogen and oxygen atoms in total. The molecular weight excluding hydrogens is 1040 g/mol. The zero-order valence-corrected chi connectivity index (χ0v) is 44.5. The van der Waals surface area contributed by atoms with Crippen molar-refractivity contribution >= 4 is 87.7 Å². The van der Waals surface area contributed by atoms with Crippen LogP contribution in [0.2, 0.25) is 0 Å². The summed E-state index contributed by atoms with van der Waals surface area (Å²) in [6, 6.07) is 1.27. The lowest BCUT2D eigenvalue weighted by atomic mass is 10.0. The summed E-state index contributed by atoms with van der Waals surface area (Å²) in [5.74, 6) is -13.2. The molecule has 0 radical (unpaired) electrons. The van der Waals surface area contributed by atoms with E-state index < -0.39 is 182 Å². The van der Waals surface area contributed by atoms with Crippen molar-refractivity contribution in [1.82, 2.24) is 57.7 Å². The van der Waals surface area contributed by atoms with E-state index in [1.807, 2.05) is 0 Å². The van der Waals surface area contributed by atoms with Gasteiger partial charge in [-0.25, -0.2) is 0 Å². The summed E-state index contributed by atoms with van der Waals surface area (Å²) >= 11 is 0. The molecule has 1 aromatic heterocycles. The Balaban J connectivity index is 1.55. The van der Waals surface area contributed by atoms with Crippen molar-refractivity contribution < 1.29 is 67.4 Å². The number of aliphatic hydroxyl groups is 1. The van der Waals surface area contributed by atoms with E-state index in [-0.39, 0.29) is 25.8 Å². The highest BCUT2D eigenvalue weighted by atomic mass is 16.3. The third kappa shape index (κ3) is 17.8. The van der Waals surface area contributed by atoms with Crippen molar-refractivity contribution in [1.29, 1.82) is 0 Å². The molecule has 0 saturated carbocycles. The molecule has 0 unspecified atom stereocenters. The summed E-state index contributed by atoms with van der Waals surface area (Å²) in [6.07, 6.45) is -1.29. The summed E-state index contributed by atoms with van der Waals surface area (Å²) in [7, 11) is 0. The summed E-state index contributed by atoms with van der Waals surface area (Å²) in [4.78, 5) is 181. The molecule has 5 rings (SSSR count). The molecule has 0 bridgehead atoms. The number of nitrogens with two attached hydrogens (primary N) is 3. The number of carbonyl (C=O) groups is 13. The second-order valence-corrected chi connectivity index (χ2v) is 19.9. The highest BCUT2D eigenvalue weighted by Crippen LogP contribution is 2.22. The van der Waals surface area contributed by atoms with Crippen molar-refractivity contribution in [3.63, 3.8) is 0 Å². The van der Waals surface area contributed by atoms with Crippen LogP contribution in [0.15, 0.2) is 60.8 Å². The first-order valence-electron chi connectivity index (χ1n) is 26.0. The number of benzene rings is 2. The third-order valence-corrected chi connectivity index (χ3v) is 13.4. The summed E-state index contributed by atoms with van der Waals surface area (Å²) in [5.41, 5.74) is 18.1. The molecule has 2 saturated heterocycles. The zero-order chi connectivity index (χ0) is 58.8. The molecule has 2 fully saturated rings. The smallest absolute Gasteiger partial charge is 0.246 e.